The summed E-state index contributed by atoms with van der Waals surface area (Å²) in [6, 6.07) is 7.53. The van der Waals surface area contributed by atoms with Gasteiger partial charge in [0.25, 0.3) is 0 Å². The van der Waals surface area contributed by atoms with Gasteiger partial charge in [-0.25, -0.2) is 0 Å². The standard InChI is InChI=1S/C21H34N2O5/c1-17(24)21(23-3)15-18-6-8-20(9-7-18)28-11-4-5-19(25)16-27-14-13-26-12-10-22-2/h6-9,21-23H,4-5,10-16H2,1-3H3. The van der Waals surface area contributed by atoms with Gasteiger partial charge in [0.05, 0.1) is 32.5 Å². The van der Waals surface area contributed by atoms with E-state index >= 15 is 0 Å². The molecule has 0 aliphatic heterocycles. The van der Waals surface area contributed by atoms with E-state index < -0.39 is 0 Å². The Hall–Kier alpha value is -1.80. The maximum absolute atomic E-state index is 11.8. The van der Waals surface area contributed by atoms with Crippen molar-refractivity contribution in [3.05, 3.63) is 29.8 Å². The second-order valence-electron chi connectivity index (χ2n) is 6.56. The smallest absolute Gasteiger partial charge is 0.158 e. The first-order valence-electron chi connectivity index (χ1n) is 9.78. The molecule has 1 aromatic carbocycles. The number of likely N-dealkylation sites (N-methyl/N-ethyl adjacent to an activating group) is 2. The molecule has 0 aliphatic rings. The highest BCUT2D eigenvalue weighted by Gasteiger charge is 2.12. The minimum Gasteiger partial charge on any atom is -0.494 e. The third-order valence-electron chi connectivity index (χ3n) is 4.20. The van der Waals surface area contributed by atoms with E-state index in [1.54, 1.807) is 14.0 Å². The van der Waals surface area contributed by atoms with Crippen molar-refractivity contribution in [2.45, 2.75) is 32.2 Å². The van der Waals surface area contributed by atoms with Crippen LogP contribution in [0.5, 0.6) is 5.75 Å². The maximum atomic E-state index is 11.8. The van der Waals surface area contributed by atoms with Crippen LogP contribution in [0, 0.1) is 0 Å². The van der Waals surface area contributed by atoms with Crippen LogP contribution in [0.15, 0.2) is 24.3 Å². The number of ketones is 2. The van der Waals surface area contributed by atoms with Gasteiger partial charge in [-0.15, -0.1) is 0 Å². The van der Waals surface area contributed by atoms with E-state index in [0.29, 0.717) is 45.7 Å². The molecule has 158 valence electrons. The molecule has 0 saturated carbocycles. The molecule has 1 unspecified atom stereocenters. The molecule has 7 heteroatoms. The van der Waals surface area contributed by atoms with Crippen LogP contribution in [0.3, 0.4) is 0 Å². The third kappa shape index (κ3) is 11.1. The highest BCUT2D eigenvalue weighted by atomic mass is 16.5. The zero-order valence-corrected chi connectivity index (χ0v) is 17.3. The molecule has 0 bridgehead atoms. The normalized spacial score (nSPS) is 12.0. The Labute approximate surface area is 168 Å². The SMILES string of the molecule is CNCCOCCOCC(=O)CCCOc1ccc(CC(NC)C(C)=O)cc1. The molecule has 28 heavy (non-hydrogen) atoms. The summed E-state index contributed by atoms with van der Waals surface area (Å²) >= 11 is 0. The molecule has 0 aliphatic carbocycles. The summed E-state index contributed by atoms with van der Waals surface area (Å²) in [6.45, 7) is 4.54. The van der Waals surface area contributed by atoms with E-state index in [1.807, 2.05) is 31.3 Å². The molecule has 1 aromatic rings. The molecule has 0 saturated heterocycles. The Kier molecular flexibility index (Phi) is 13.1. The topological polar surface area (TPSA) is 85.9 Å². The number of ether oxygens (including phenoxy) is 3. The summed E-state index contributed by atoms with van der Waals surface area (Å²) < 4.78 is 16.3. The first kappa shape index (κ1) is 24.2. The monoisotopic (exact) mass is 394 g/mol. The van der Waals surface area contributed by atoms with Crippen molar-refractivity contribution in [1.29, 1.82) is 0 Å². The summed E-state index contributed by atoms with van der Waals surface area (Å²) in [6.07, 6.45) is 1.73. The minimum absolute atomic E-state index is 0.0662. The Balaban J connectivity index is 2.12. The van der Waals surface area contributed by atoms with Gasteiger partial charge in [0.2, 0.25) is 0 Å². The number of hydrogen-bond donors (Lipinski definition) is 2. The summed E-state index contributed by atoms with van der Waals surface area (Å²) in [5.41, 5.74) is 1.07. The zero-order valence-electron chi connectivity index (χ0n) is 17.3. The molecule has 0 heterocycles. The van der Waals surface area contributed by atoms with Crippen LogP contribution < -0.4 is 15.4 Å². The molecule has 1 atom stereocenters. The van der Waals surface area contributed by atoms with Gasteiger partial charge < -0.3 is 24.8 Å². The second kappa shape index (κ2) is 15.2. The van der Waals surface area contributed by atoms with Crippen LogP contribution in [0.25, 0.3) is 0 Å². The second-order valence-corrected chi connectivity index (χ2v) is 6.56. The zero-order chi connectivity index (χ0) is 20.6. The van der Waals surface area contributed by atoms with Gasteiger partial charge in [-0.3, -0.25) is 9.59 Å². The molecular formula is C21H34N2O5. The molecule has 1 rings (SSSR count). The fourth-order valence-corrected chi connectivity index (χ4v) is 2.52. The van der Waals surface area contributed by atoms with Gasteiger partial charge >= 0.3 is 0 Å². The average molecular weight is 395 g/mol. The lowest BCUT2D eigenvalue weighted by Gasteiger charge is -2.13. The van der Waals surface area contributed by atoms with Crippen molar-refractivity contribution in [2.24, 2.45) is 0 Å². The highest BCUT2D eigenvalue weighted by molar-refractivity contribution is 5.81. The lowest BCUT2D eigenvalue weighted by atomic mass is 10.0. The molecular weight excluding hydrogens is 360 g/mol. The molecule has 0 radical (unpaired) electrons. The first-order valence-corrected chi connectivity index (χ1v) is 9.78. The molecule has 2 N–H and O–H groups in total. The number of hydrogen-bond acceptors (Lipinski definition) is 7. The van der Waals surface area contributed by atoms with Gasteiger partial charge in [-0.1, -0.05) is 12.1 Å². The summed E-state index contributed by atoms with van der Waals surface area (Å²) in [5, 5.41) is 6.00. The highest BCUT2D eigenvalue weighted by Crippen LogP contribution is 2.14. The van der Waals surface area contributed by atoms with Crippen LogP contribution in [-0.2, 0) is 25.5 Å². The van der Waals surface area contributed by atoms with E-state index in [0.717, 1.165) is 17.9 Å². The summed E-state index contributed by atoms with van der Waals surface area (Å²) in [5.74, 6) is 0.948. The van der Waals surface area contributed by atoms with Gasteiger partial charge in [0, 0.05) is 13.0 Å². The van der Waals surface area contributed by atoms with Crippen LogP contribution >= 0.6 is 0 Å². The van der Waals surface area contributed by atoms with Crippen LogP contribution in [0.1, 0.15) is 25.3 Å². The van der Waals surface area contributed by atoms with E-state index in [-0.39, 0.29) is 24.2 Å². The lowest BCUT2D eigenvalue weighted by Crippen LogP contribution is -2.34. The molecule has 0 aromatic heterocycles. The van der Waals surface area contributed by atoms with Crippen LogP contribution in [0.4, 0.5) is 0 Å². The van der Waals surface area contributed by atoms with Gasteiger partial charge in [-0.05, 0) is 51.6 Å². The Bertz CT molecular complexity index is 562. The van der Waals surface area contributed by atoms with Crippen LogP contribution in [-0.4, -0.2) is 71.3 Å². The lowest BCUT2D eigenvalue weighted by molar-refractivity contribution is -0.124. The fraction of sp³-hybridized carbons (Fsp3) is 0.619. The Morgan fingerprint density at radius 2 is 1.71 bits per heavy atom. The molecule has 0 amide bonds. The summed E-state index contributed by atoms with van der Waals surface area (Å²) in [4.78, 5) is 23.2. The van der Waals surface area contributed by atoms with Gasteiger partial charge in [0.15, 0.2) is 5.78 Å². The van der Waals surface area contributed by atoms with Gasteiger partial charge in [0.1, 0.15) is 18.1 Å². The van der Waals surface area contributed by atoms with Crippen molar-refractivity contribution in [2.75, 3.05) is 53.7 Å². The fourth-order valence-electron chi connectivity index (χ4n) is 2.52. The minimum atomic E-state index is -0.167. The molecule has 0 fully saturated rings. The maximum Gasteiger partial charge on any atom is 0.158 e. The molecule has 7 nitrogen and oxygen atoms in total. The quantitative estimate of drug-likeness (QED) is 0.386. The summed E-state index contributed by atoms with van der Waals surface area (Å²) in [7, 11) is 3.66. The van der Waals surface area contributed by atoms with E-state index in [4.69, 9.17) is 14.2 Å². The molecule has 0 spiro atoms. The number of carbonyl (C=O) groups excluding carboxylic acids is 2. The van der Waals surface area contributed by atoms with E-state index in [1.165, 1.54) is 0 Å². The van der Waals surface area contributed by atoms with E-state index in [9.17, 15) is 9.59 Å². The number of benzene rings is 1. The number of Topliss-reactive ketones (excluding diaryl/α,β-unsaturated/α-hetero) is 2. The van der Waals surface area contributed by atoms with Crippen LogP contribution in [0.2, 0.25) is 0 Å². The number of carbonyl (C=O) groups is 2. The first-order chi connectivity index (χ1) is 13.6. The number of nitrogens with one attached hydrogen (secondary N) is 2. The predicted molar refractivity (Wildman–Crippen MR) is 109 cm³/mol. The largest absolute Gasteiger partial charge is 0.494 e. The van der Waals surface area contributed by atoms with Crippen molar-refractivity contribution >= 4 is 11.6 Å². The van der Waals surface area contributed by atoms with Crippen molar-refractivity contribution in [3.8, 4) is 5.75 Å². The number of rotatable bonds is 17. The Morgan fingerprint density at radius 1 is 1.00 bits per heavy atom. The third-order valence-corrected chi connectivity index (χ3v) is 4.20. The van der Waals surface area contributed by atoms with Gasteiger partial charge in [-0.2, -0.15) is 0 Å². The van der Waals surface area contributed by atoms with Crippen molar-refractivity contribution in [3.63, 3.8) is 0 Å². The predicted octanol–water partition coefficient (Wildman–Crippen LogP) is 1.39. The average Bonchev–Trinajstić information content (AvgIpc) is 2.69. The van der Waals surface area contributed by atoms with Crippen molar-refractivity contribution < 1.29 is 23.8 Å². The van der Waals surface area contributed by atoms with E-state index in [2.05, 4.69) is 10.6 Å². The van der Waals surface area contributed by atoms with Crippen molar-refractivity contribution in [1.82, 2.24) is 10.6 Å². The Morgan fingerprint density at radius 3 is 2.36 bits per heavy atom.